The van der Waals surface area contributed by atoms with Crippen LogP contribution in [0.4, 0.5) is 0 Å². The Hall–Kier alpha value is -4.42. The van der Waals surface area contributed by atoms with E-state index in [0.717, 1.165) is 53.7 Å². The highest BCUT2D eigenvalue weighted by Gasteiger charge is 2.42. The molecule has 0 spiro atoms. The first-order chi connectivity index (χ1) is 20.1. The zero-order chi connectivity index (χ0) is 28.3. The summed E-state index contributed by atoms with van der Waals surface area (Å²) >= 11 is 0. The van der Waals surface area contributed by atoms with Gasteiger partial charge in [0, 0.05) is 11.9 Å². The van der Waals surface area contributed by atoms with Crippen LogP contribution in [-0.4, -0.2) is 41.9 Å². The van der Waals surface area contributed by atoms with Crippen LogP contribution in [0.3, 0.4) is 0 Å². The van der Waals surface area contributed by atoms with Gasteiger partial charge >= 0.3 is 0 Å². The number of amides is 1. The maximum atomic E-state index is 14.1. The maximum absolute atomic E-state index is 14.1. The predicted molar refractivity (Wildman–Crippen MR) is 162 cm³/mol. The monoisotopic (exact) mass is 546 g/mol. The van der Waals surface area contributed by atoms with Crippen LogP contribution in [0.5, 0.6) is 5.75 Å². The van der Waals surface area contributed by atoms with Crippen molar-refractivity contribution < 1.29 is 13.9 Å². The molecular weight excluding hydrogens is 512 g/mol. The molecule has 0 N–H and O–H groups in total. The van der Waals surface area contributed by atoms with E-state index in [1.54, 1.807) is 4.90 Å². The molecule has 0 saturated carbocycles. The quantitative estimate of drug-likeness (QED) is 0.180. The minimum absolute atomic E-state index is 0.149. The molecule has 0 saturated heterocycles. The van der Waals surface area contributed by atoms with Crippen LogP contribution in [0.25, 0.3) is 21.7 Å². The Kier molecular flexibility index (Phi) is 7.57. The summed E-state index contributed by atoms with van der Waals surface area (Å²) in [5.41, 5.74) is 2.68. The maximum Gasteiger partial charge on any atom is 0.290 e. The third-order valence-corrected chi connectivity index (χ3v) is 8.07. The summed E-state index contributed by atoms with van der Waals surface area (Å²) in [7, 11) is 0. The van der Waals surface area contributed by atoms with Gasteiger partial charge < -0.3 is 19.0 Å². The zero-order valence-corrected chi connectivity index (χ0v) is 23.5. The highest BCUT2D eigenvalue weighted by atomic mass is 16.5. The number of fused-ring (bicyclic) bond motifs is 4. The van der Waals surface area contributed by atoms with Crippen molar-refractivity contribution >= 4 is 27.6 Å². The fourth-order valence-electron chi connectivity index (χ4n) is 5.82. The van der Waals surface area contributed by atoms with Crippen LogP contribution in [0.1, 0.15) is 53.6 Å². The number of carbonyl (C=O) groups is 1. The van der Waals surface area contributed by atoms with Crippen LogP contribution in [-0.2, 0) is 6.61 Å². The highest BCUT2D eigenvalue weighted by molar-refractivity contribution is 6.06. The lowest BCUT2D eigenvalue weighted by molar-refractivity contribution is 0.0720. The van der Waals surface area contributed by atoms with Crippen LogP contribution < -0.4 is 10.2 Å². The summed E-state index contributed by atoms with van der Waals surface area (Å²) in [6.45, 7) is 8.05. The summed E-state index contributed by atoms with van der Waals surface area (Å²) in [6.07, 6.45) is 0.798. The molecule has 0 aliphatic carbocycles. The fourth-order valence-corrected chi connectivity index (χ4v) is 5.82. The van der Waals surface area contributed by atoms with Gasteiger partial charge in [-0.05, 0) is 60.8 Å². The van der Waals surface area contributed by atoms with Gasteiger partial charge in [0.2, 0.25) is 5.76 Å². The average Bonchev–Trinajstić information content (AvgIpc) is 3.30. The van der Waals surface area contributed by atoms with Crippen molar-refractivity contribution in [3.63, 3.8) is 0 Å². The molecule has 208 valence electrons. The first-order valence-electron chi connectivity index (χ1n) is 14.4. The normalized spacial score (nSPS) is 14.8. The first kappa shape index (κ1) is 26.8. The van der Waals surface area contributed by atoms with E-state index in [2.05, 4.69) is 18.7 Å². The lowest BCUT2D eigenvalue weighted by Gasteiger charge is -2.26. The summed E-state index contributed by atoms with van der Waals surface area (Å²) in [5, 5.41) is 2.29. The van der Waals surface area contributed by atoms with E-state index in [1.807, 2.05) is 91.0 Å². The number of rotatable bonds is 10. The Morgan fingerprint density at radius 3 is 2.32 bits per heavy atom. The molecule has 5 aromatic rings. The molecule has 4 aromatic carbocycles. The van der Waals surface area contributed by atoms with Crippen LogP contribution in [0.2, 0.25) is 0 Å². The van der Waals surface area contributed by atoms with Crippen LogP contribution in [0, 0.1) is 0 Å². The lowest BCUT2D eigenvalue weighted by atomic mass is 9.97. The molecule has 1 atom stereocenters. The predicted octanol–water partition coefficient (Wildman–Crippen LogP) is 6.80. The van der Waals surface area contributed by atoms with Crippen molar-refractivity contribution in [1.29, 1.82) is 0 Å². The molecule has 6 rings (SSSR count). The highest BCUT2D eigenvalue weighted by Crippen LogP contribution is 2.39. The van der Waals surface area contributed by atoms with Crippen molar-refractivity contribution in [2.45, 2.75) is 32.9 Å². The molecular formula is C35H34N2O4. The topological polar surface area (TPSA) is 63.0 Å². The van der Waals surface area contributed by atoms with Gasteiger partial charge in [-0.25, -0.2) is 0 Å². The van der Waals surface area contributed by atoms with E-state index in [4.69, 9.17) is 9.15 Å². The molecule has 1 unspecified atom stereocenters. The molecule has 1 aliphatic heterocycles. The van der Waals surface area contributed by atoms with Crippen molar-refractivity contribution in [2.24, 2.45) is 0 Å². The smallest absolute Gasteiger partial charge is 0.290 e. The van der Waals surface area contributed by atoms with Gasteiger partial charge in [-0.15, -0.1) is 0 Å². The van der Waals surface area contributed by atoms with Gasteiger partial charge in [0.1, 0.15) is 17.9 Å². The van der Waals surface area contributed by atoms with E-state index >= 15 is 0 Å². The molecule has 6 nitrogen and oxygen atoms in total. The van der Waals surface area contributed by atoms with Crippen molar-refractivity contribution in [3.05, 3.63) is 124 Å². The van der Waals surface area contributed by atoms with E-state index in [9.17, 15) is 9.59 Å². The van der Waals surface area contributed by atoms with Crippen molar-refractivity contribution in [3.8, 4) is 5.75 Å². The van der Waals surface area contributed by atoms with E-state index in [1.165, 1.54) is 0 Å². The number of ether oxygens (including phenoxy) is 1. The van der Waals surface area contributed by atoms with Crippen LogP contribution in [0.15, 0.2) is 100 Å². The van der Waals surface area contributed by atoms with Gasteiger partial charge in [0.05, 0.1) is 17.0 Å². The van der Waals surface area contributed by atoms with Crippen molar-refractivity contribution in [2.75, 3.05) is 26.2 Å². The van der Waals surface area contributed by atoms with Crippen LogP contribution >= 0.6 is 0 Å². The number of carbonyl (C=O) groups excluding carboxylic acids is 1. The largest absolute Gasteiger partial charge is 0.489 e. The molecule has 1 amide bonds. The third-order valence-electron chi connectivity index (χ3n) is 8.07. The number of hydrogen-bond acceptors (Lipinski definition) is 5. The molecule has 2 heterocycles. The van der Waals surface area contributed by atoms with E-state index in [-0.39, 0.29) is 17.1 Å². The summed E-state index contributed by atoms with van der Waals surface area (Å²) in [5.74, 6) is 0.643. The molecule has 1 aliphatic rings. The van der Waals surface area contributed by atoms with Gasteiger partial charge in [0.25, 0.3) is 5.91 Å². The second kappa shape index (κ2) is 11.6. The molecule has 1 aromatic heterocycles. The van der Waals surface area contributed by atoms with Crippen molar-refractivity contribution in [1.82, 2.24) is 9.80 Å². The Labute approximate surface area is 239 Å². The SMILES string of the molecule is CCN(CC)CCCN1C(=O)c2oc3c(ccc4ccccc43)c(=O)c2C1c1ccc(OCc2ccccc2)cc1. The summed E-state index contributed by atoms with van der Waals surface area (Å²) in [6, 6.07) is 28.7. The summed E-state index contributed by atoms with van der Waals surface area (Å²) in [4.78, 5) is 32.1. The van der Waals surface area contributed by atoms with Gasteiger partial charge in [-0.1, -0.05) is 86.6 Å². The van der Waals surface area contributed by atoms with Gasteiger partial charge in [-0.2, -0.15) is 0 Å². The second-order valence-electron chi connectivity index (χ2n) is 10.5. The molecule has 0 radical (unpaired) electrons. The molecule has 6 heteroatoms. The Balaban J connectivity index is 1.38. The van der Waals surface area contributed by atoms with E-state index < -0.39 is 6.04 Å². The standard InChI is InChI=1S/C35H34N2O4/c1-3-36(4-2)21-10-22-37-31(26-15-18-27(19-16-26)40-23-24-11-6-5-7-12-24)30-32(38)29-20-17-25-13-8-9-14-28(25)33(29)41-34(30)35(37)39/h5-9,11-20,31H,3-4,10,21-23H2,1-2H3. The van der Waals surface area contributed by atoms with E-state index in [0.29, 0.717) is 29.7 Å². The minimum atomic E-state index is -0.524. The number of benzene rings is 4. The molecule has 0 bridgehead atoms. The zero-order valence-electron chi connectivity index (χ0n) is 23.5. The van der Waals surface area contributed by atoms with Gasteiger partial charge in [-0.3, -0.25) is 9.59 Å². The molecule has 41 heavy (non-hydrogen) atoms. The average molecular weight is 547 g/mol. The molecule has 0 fully saturated rings. The fraction of sp³-hybridized carbons (Fsp3) is 0.257. The Morgan fingerprint density at radius 1 is 0.829 bits per heavy atom. The third kappa shape index (κ3) is 5.11. The second-order valence-corrected chi connectivity index (χ2v) is 10.5. The summed E-state index contributed by atoms with van der Waals surface area (Å²) < 4.78 is 12.3. The van der Waals surface area contributed by atoms with Gasteiger partial charge in [0.15, 0.2) is 5.43 Å². The first-order valence-corrected chi connectivity index (χ1v) is 14.4. The number of nitrogens with zero attached hydrogens (tertiary/aromatic N) is 2. The minimum Gasteiger partial charge on any atom is -0.489 e. The lowest BCUT2D eigenvalue weighted by Crippen LogP contribution is -2.33. The Bertz CT molecular complexity index is 1740. The number of hydrogen-bond donors (Lipinski definition) is 0. The Morgan fingerprint density at radius 2 is 1.56 bits per heavy atom.